The van der Waals surface area contributed by atoms with E-state index in [9.17, 15) is 0 Å². The van der Waals surface area contributed by atoms with Crippen LogP contribution in [0.3, 0.4) is 0 Å². The Labute approximate surface area is 81.2 Å². The number of nitrogens with zero attached hydrogens (tertiary/aromatic N) is 2. The molecule has 0 saturated carbocycles. The maximum absolute atomic E-state index is 5.34. The fourth-order valence-corrected chi connectivity index (χ4v) is 1.33. The van der Waals surface area contributed by atoms with E-state index in [2.05, 4.69) is 27.1 Å². The van der Waals surface area contributed by atoms with Crippen molar-refractivity contribution in [3.05, 3.63) is 12.7 Å². The zero-order chi connectivity index (χ0) is 9.52. The van der Waals surface area contributed by atoms with Gasteiger partial charge in [-0.2, -0.15) is 16.7 Å². The SMILES string of the molecule is C=CCSCCNc1n[nH]c(N)n1. The van der Waals surface area contributed by atoms with Crippen molar-refractivity contribution in [1.29, 1.82) is 0 Å². The molecule has 72 valence electrons. The molecule has 1 aromatic rings. The monoisotopic (exact) mass is 199 g/mol. The van der Waals surface area contributed by atoms with Gasteiger partial charge in [0.1, 0.15) is 0 Å². The first-order valence-electron chi connectivity index (χ1n) is 3.93. The zero-order valence-corrected chi connectivity index (χ0v) is 8.10. The summed E-state index contributed by atoms with van der Waals surface area (Å²) in [5, 5.41) is 9.42. The summed E-state index contributed by atoms with van der Waals surface area (Å²) in [6, 6.07) is 0. The summed E-state index contributed by atoms with van der Waals surface area (Å²) in [5.74, 6) is 2.86. The average Bonchev–Trinajstić information content (AvgIpc) is 2.51. The minimum atomic E-state index is 0.334. The number of nitrogen functional groups attached to an aromatic ring is 1. The quantitative estimate of drug-likeness (QED) is 0.464. The van der Waals surface area contributed by atoms with Crippen LogP contribution in [-0.2, 0) is 0 Å². The number of aromatic amines is 1. The van der Waals surface area contributed by atoms with Gasteiger partial charge in [-0.3, -0.25) is 0 Å². The summed E-state index contributed by atoms with van der Waals surface area (Å²) in [4.78, 5) is 3.90. The number of hydrogen-bond acceptors (Lipinski definition) is 5. The molecule has 0 aliphatic heterocycles. The van der Waals surface area contributed by atoms with E-state index in [1.807, 2.05) is 6.08 Å². The summed E-state index contributed by atoms with van der Waals surface area (Å²) in [7, 11) is 0. The van der Waals surface area contributed by atoms with Crippen molar-refractivity contribution in [3.63, 3.8) is 0 Å². The fourth-order valence-electron chi connectivity index (χ4n) is 0.755. The highest BCUT2D eigenvalue weighted by Crippen LogP contribution is 2.01. The standard InChI is InChI=1S/C7H13N5S/c1-2-4-13-5-3-9-7-10-6(8)11-12-7/h2H,1,3-5H2,(H4,8,9,10,11,12). The summed E-state index contributed by atoms with van der Waals surface area (Å²) in [6.45, 7) is 4.46. The van der Waals surface area contributed by atoms with Gasteiger partial charge in [0.25, 0.3) is 0 Å². The number of nitrogens with one attached hydrogen (secondary N) is 2. The van der Waals surface area contributed by atoms with Crippen molar-refractivity contribution in [3.8, 4) is 0 Å². The van der Waals surface area contributed by atoms with Gasteiger partial charge in [-0.15, -0.1) is 11.7 Å². The molecular formula is C7H13N5S. The minimum absolute atomic E-state index is 0.334. The van der Waals surface area contributed by atoms with E-state index in [1.165, 1.54) is 0 Å². The molecule has 0 fully saturated rings. The van der Waals surface area contributed by atoms with Crippen LogP contribution in [0.2, 0.25) is 0 Å². The summed E-state index contributed by atoms with van der Waals surface area (Å²) in [6.07, 6.45) is 1.88. The Morgan fingerprint density at radius 2 is 2.54 bits per heavy atom. The van der Waals surface area contributed by atoms with Crippen LogP contribution >= 0.6 is 11.8 Å². The van der Waals surface area contributed by atoms with Gasteiger partial charge >= 0.3 is 0 Å². The first-order valence-corrected chi connectivity index (χ1v) is 5.09. The van der Waals surface area contributed by atoms with Gasteiger partial charge < -0.3 is 11.1 Å². The molecule has 6 heteroatoms. The molecule has 13 heavy (non-hydrogen) atoms. The van der Waals surface area contributed by atoms with Crippen LogP contribution in [0, 0.1) is 0 Å². The first-order chi connectivity index (χ1) is 6.33. The van der Waals surface area contributed by atoms with Gasteiger partial charge in [-0.25, -0.2) is 5.10 Å². The lowest BCUT2D eigenvalue weighted by atomic mass is 10.7. The largest absolute Gasteiger partial charge is 0.368 e. The second-order valence-electron chi connectivity index (χ2n) is 2.33. The smallest absolute Gasteiger partial charge is 0.243 e. The molecule has 0 saturated heterocycles. The Morgan fingerprint density at radius 3 is 3.15 bits per heavy atom. The third kappa shape index (κ3) is 3.84. The highest BCUT2D eigenvalue weighted by molar-refractivity contribution is 7.99. The van der Waals surface area contributed by atoms with Crippen molar-refractivity contribution in [1.82, 2.24) is 15.2 Å². The second-order valence-corrected chi connectivity index (χ2v) is 3.48. The van der Waals surface area contributed by atoms with Crippen molar-refractivity contribution in [2.45, 2.75) is 0 Å². The van der Waals surface area contributed by atoms with E-state index in [0.717, 1.165) is 18.1 Å². The Balaban J connectivity index is 2.09. The molecule has 0 amide bonds. The van der Waals surface area contributed by atoms with Gasteiger partial charge in [-0.05, 0) is 0 Å². The van der Waals surface area contributed by atoms with E-state index < -0.39 is 0 Å². The maximum Gasteiger partial charge on any atom is 0.243 e. The van der Waals surface area contributed by atoms with Gasteiger partial charge in [0.05, 0.1) is 0 Å². The van der Waals surface area contributed by atoms with Crippen molar-refractivity contribution >= 4 is 23.7 Å². The molecule has 1 aromatic heterocycles. The van der Waals surface area contributed by atoms with Crippen LogP contribution in [-0.4, -0.2) is 33.2 Å². The van der Waals surface area contributed by atoms with E-state index in [-0.39, 0.29) is 0 Å². The number of thioether (sulfide) groups is 1. The lowest BCUT2D eigenvalue weighted by Crippen LogP contribution is -2.05. The lowest BCUT2D eigenvalue weighted by molar-refractivity contribution is 1.07. The van der Waals surface area contributed by atoms with Crippen LogP contribution in [0.25, 0.3) is 0 Å². The molecule has 1 heterocycles. The minimum Gasteiger partial charge on any atom is -0.368 e. The summed E-state index contributed by atoms with van der Waals surface area (Å²) < 4.78 is 0. The van der Waals surface area contributed by atoms with Gasteiger partial charge in [0, 0.05) is 18.1 Å². The van der Waals surface area contributed by atoms with E-state index in [4.69, 9.17) is 5.73 Å². The van der Waals surface area contributed by atoms with Gasteiger partial charge in [0.15, 0.2) is 0 Å². The molecule has 0 aromatic carbocycles. The maximum atomic E-state index is 5.34. The molecule has 0 unspecified atom stereocenters. The van der Waals surface area contributed by atoms with Gasteiger partial charge in [-0.1, -0.05) is 6.08 Å². The number of aromatic nitrogens is 3. The first kappa shape index (κ1) is 9.91. The number of H-pyrrole nitrogens is 1. The zero-order valence-electron chi connectivity index (χ0n) is 7.29. The van der Waals surface area contributed by atoms with Crippen molar-refractivity contribution in [2.24, 2.45) is 0 Å². The fraction of sp³-hybridized carbons (Fsp3) is 0.429. The molecule has 0 bridgehead atoms. The molecule has 0 radical (unpaired) electrons. The predicted octanol–water partition coefficient (Wildman–Crippen LogP) is 0.718. The number of rotatable bonds is 6. The van der Waals surface area contributed by atoms with Crippen LogP contribution in [0.15, 0.2) is 12.7 Å². The third-order valence-electron chi connectivity index (χ3n) is 1.27. The molecular weight excluding hydrogens is 186 g/mol. The van der Waals surface area contributed by atoms with Crippen LogP contribution in [0.4, 0.5) is 11.9 Å². The number of hydrogen-bond donors (Lipinski definition) is 3. The topological polar surface area (TPSA) is 79.6 Å². The summed E-state index contributed by atoms with van der Waals surface area (Å²) >= 11 is 1.80. The van der Waals surface area contributed by atoms with Crippen LogP contribution < -0.4 is 11.1 Å². The molecule has 0 aliphatic rings. The molecule has 5 nitrogen and oxygen atoms in total. The number of nitrogens with two attached hydrogens (primary N) is 1. The Bertz CT molecular complexity index is 259. The lowest BCUT2D eigenvalue weighted by Gasteiger charge is -1.99. The van der Waals surface area contributed by atoms with Crippen molar-refractivity contribution < 1.29 is 0 Å². The Morgan fingerprint density at radius 1 is 1.69 bits per heavy atom. The van der Waals surface area contributed by atoms with Crippen LogP contribution in [0.1, 0.15) is 0 Å². The summed E-state index contributed by atoms with van der Waals surface area (Å²) in [5.41, 5.74) is 5.34. The average molecular weight is 199 g/mol. The Hall–Kier alpha value is -1.17. The van der Waals surface area contributed by atoms with Gasteiger partial charge in [0.2, 0.25) is 11.9 Å². The molecule has 4 N–H and O–H groups in total. The van der Waals surface area contributed by atoms with Crippen LogP contribution in [0.5, 0.6) is 0 Å². The van der Waals surface area contributed by atoms with E-state index in [0.29, 0.717) is 11.9 Å². The Kier molecular flexibility index (Phi) is 4.17. The molecule has 1 rings (SSSR count). The van der Waals surface area contributed by atoms with E-state index in [1.54, 1.807) is 11.8 Å². The van der Waals surface area contributed by atoms with Crippen molar-refractivity contribution in [2.75, 3.05) is 29.1 Å². The highest BCUT2D eigenvalue weighted by atomic mass is 32.2. The molecule has 0 spiro atoms. The third-order valence-corrected chi connectivity index (χ3v) is 2.23. The number of anilines is 2. The highest BCUT2D eigenvalue weighted by Gasteiger charge is 1.96. The predicted molar refractivity (Wildman–Crippen MR) is 56.8 cm³/mol. The van der Waals surface area contributed by atoms with E-state index >= 15 is 0 Å². The normalized spacial score (nSPS) is 9.85. The molecule has 0 atom stereocenters. The second kappa shape index (κ2) is 5.47. The molecule has 0 aliphatic carbocycles.